The Kier molecular flexibility index (Phi) is 5.37. The van der Waals surface area contributed by atoms with Gasteiger partial charge in [0.1, 0.15) is 17.1 Å². The molecule has 1 N–H and O–H groups in total. The summed E-state index contributed by atoms with van der Waals surface area (Å²) >= 11 is 0. The molecule has 3 heterocycles. The van der Waals surface area contributed by atoms with Crippen LogP contribution in [-0.2, 0) is 13.0 Å². The molecule has 0 aliphatic rings. The Labute approximate surface area is 168 Å². The van der Waals surface area contributed by atoms with Crippen molar-refractivity contribution in [3.63, 3.8) is 0 Å². The fourth-order valence-electron chi connectivity index (χ4n) is 3.40. The third-order valence-corrected chi connectivity index (χ3v) is 4.67. The van der Waals surface area contributed by atoms with Crippen LogP contribution in [0.25, 0.3) is 22.4 Å². The maximum atomic E-state index is 12.8. The van der Waals surface area contributed by atoms with Gasteiger partial charge < -0.3 is 9.72 Å². The second-order valence-electron chi connectivity index (χ2n) is 6.72. The number of hydrogen-bond donors (Lipinski definition) is 1. The highest BCUT2D eigenvalue weighted by atomic mass is 16.5. The summed E-state index contributed by atoms with van der Waals surface area (Å²) in [6.45, 7) is 5.06. The van der Waals surface area contributed by atoms with Crippen molar-refractivity contribution in [2.45, 2.75) is 33.2 Å². The summed E-state index contributed by atoms with van der Waals surface area (Å²) in [7, 11) is 0. The van der Waals surface area contributed by atoms with Gasteiger partial charge in [-0.25, -0.2) is 4.98 Å². The number of benzene rings is 1. The van der Waals surface area contributed by atoms with E-state index < -0.39 is 0 Å². The maximum Gasteiger partial charge on any atom is 0.279 e. The van der Waals surface area contributed by atoms with E-state index in [1.165, 1.54) is 0 Å². The average molecular weight is 389 g/mol. The van der Waals surface area contributed by atoms with Gasteiger partial charge in [0, 0.05) is 6.20 Å². The summed E-state index contributed by atoms with van der Waals surface area (Å²) in [5, 5.41) is 4.56. The van der Waals surface area contributed by atoms with Crippen molar-refractivity contribution in [2.24, 2.45) is 0 Å². The van der Waals surface area contributed by atoms with Gasteiger partial charge in [-0.3, -0.25) is 14.5 Å². The minimum atomic E-state index is -0.256. The van der Waals surface area contributed by atoms with Crippen LogP contribution >= 0.6 is 0 Å². The van der Waals surface area contributed by atoms with Crippen LogP contribution in [0.5, 0.6) is 5.75 Å². The maximum absolute atomic E-state index is 12.8. The normalized spacial score (nSPS) is 11.1. The zero-order valence-corrected chi connectivity index (χ0v) is 16.6. The van der Waals surface area contributed by atoms with Crippen molar-refractivity contribution in [3.05, 3.63) is 70.4 Å². The first-order valence-corrected chi connectivity index (χ1v) is 9.83. The fraction of sp³-hybridized carbons (Fsp3) is 0.273. The minimum absolute atomic E-state index is 0.256. The number of rotatable bonds is 7. The van der Waals surface area contributed by atoms with Crippen LogP contribution in [0.2, 0.25) is 0 Å². The Balaban J connectivity index is 1.87. The number of hydrogen-bond acceptors (Lipinski definition) is 5. The first-order chi connectivity index (χ1) is 14.2. The van der Waals surface area contributed by atoms with Gasteiger partial charge in [-0.15, -0.1) is 0 Å². The number of aromatic amines is 1. The first-order valence-electron chi connectivity index (χ1n) is 9.83. The summed E-state index contributed by atoms with van der Waals surface area (Å²) in [6, 6.07) is 13.3. The molecule has 0 amide bonds. The van der Waals surface area contributed by atoms with Crippen LogP contribution in [0.4, 0.5) is 0 Å². The van der Waals surface area contributed by atoms with Gasteiger partial charge in [-0.2, -0.15) is 5.10 Å². The molecule has 1 aromatic carbocycles. The smallest absolute Gasteiger partial charge is 0.279 e. The van der Waals surface area contributed by atoms with Crippen LogP contribution in [-0.4, -0.2) is 31.3 Å². The Bertz CT molecular complexity index is 1180. The number of pyridine rings is 1. The highest BCUT2D eigenvalue weighted by molar-refractivity contribution is 5.79. The first kappa shape index (κ1) is 18.9. The number of para-hydroxylation sites is 1. The average Bonchev–Trinajstić information content (AvgIpc) is 3.08. The Morgan fingerprint density at radius 2 is 1.90 bits per heavy atom. The van der Waals surface area contributed by atoms with E-state index in [1.54, 1.807) is 6.20 Å². The number of nitrogens with zero attached hydrogens (tertiary/aromatic N) is 4. The lowest BCUT2D eigenvalue weighted by Crippen LogP contribution is -2.10. The minimum Gasteiger partial charge on any atom is -0.493 e. The summed E-state index contributed by atoms with van der Waals surface area (Å²) < 4.78 is 7.56. The lowest BCUT2D eigenvalue weighted by molar-refractivity contribution is 0.341. The van der Waals surface area contributed by atoms with Crippen molar-refractivity contribution >= 4 is 11.0 Å². The predicted octanol–water partition coefficient (Wildman–Crippen LogP) is 3.58. The topological polar surface area (TPSA) is 85.7 Å². The number of ether oxygens (including phenoxy) is 1. The summed E-state index contributed by atoms with van der Waals surface area (Å²) in [4.78, 5) is 24.9. The lowest BCUT2D eigenvalue weighted by atomic mass is 10.1. The van der Waals surface area contributed by atoms with E-state index in [2.05, 4.69) is 22.0 Å². The van der Waals surface area contributed by atoms with E-state index in [4.69, 9.17) is 9.72 Å². The van der Waals surface area contributed by atoms with Gasteiger partial charge in [0.05, 0.1) is 30.1 Å². The lowest BCUT2D eigenvalue weighted by Gasteiger charge is -2.09. The van der Waals surface area contributed by atoms with Gasteiger partial charge in [0.15, 0.2) is 5.52 Å². The van der Waals surface area contributed by atoms with Crippen LogP contribution in [0.1, 0.15) is 31.7 Å². The summed E-state index contributed by atoms with van der Waals surface area (Å²) in [5.74, 6) is 1.18. The molecule has 4 rings (SSSR count). The number of nitrogens with one attached hydrogen (secondary N) is 1. The van der Waals surface area contributed by atoms with E-state index in [9.17, 15) is 4.79 Å². The van der Waals surface area contributed by atoms with Gasteiger partial charge in [0.25, 0.3) is 5.56 Å². The SMILES string of the molecule is CCCc1c2nc(-c3ccccc3OCC)[nH]c(=O)c2nn1Cc1ccccn1. The van der Waals surface area contributed by atoms with Gasteiger partial charge in [0.2, 0.25) is 0 Å². The van der Waals surface area contributed by atoms with Crippen LogP contribution in [0.3, 0.4) is 0 Å². The molecule has 148 valence electrons. The number of aromatic nitrogens is 5. The third-order valence-electron chi connectivity index (χ3n) is 4.67. The van der Waals surface area contributed by atoms with Gasteiger partial charge in [-0.05, 0) is 37.6 Å². The van der Waals surface area contributed by atoms with Crippen LogP contribution in [0, 0.1) is 0 Å². The molecule has 4 aromatic rings. The van der Waals surface area contributed by atoms with E-state index in [0.29, 0.717) is 35.8 Å². The third kappa shape index (κ3) is 3.76. The molecule has 0 aliphatic heterocycles. The Hall–Kier alpha value is -3.48. The molecule has 0 saturated carbocycles. The van der Waals surface area contributed by atoms with Crippen molar-refractivity contribution in [3.8, 4) is 17.1 Å². The molecule has 0 radical (unpaired) electrons. The fourth-order valence-corrected chi connectivity index (χ4v) is 3.40. The number of H-pyrrole nitrogens is 1. The molecule has 0 atom stereocenters. The molecule has 3 aromatic heterocycles. The molecule has 0 saturated heterocycles. The molecule has 0 bridgehead atoms. The zero-order chi connectivity index (χ0) is 20.2. The van der Waals surface area contributed by atoms with Crippen molar-refractivity contribution in [1.29, 1.82) is 0 Å². The van der Waals surface area contributed by atoms with Crippen molar-refractivity contribution in [2.75, 3.05) is 6.61 Å². The van der Waals surface area contributed by atoms with Crippen LogP contribution < -0.4 is 10.3 Å². The van der Waals surface area contributed by atoms with Gasteiger partial charge in [-0.1, -0.05) is 31.5 Å². The van der Waals surface area contributed by atoms with Gasteiger partial charge >= 0.3 is 0 Å². The Morgan fingerprint density at radius 3 is 2.66 bits per heavy atom. The molecule has 29 heavy (non-hydrogen) atoms. The predicted molar refractivity (Wildman–Crippen MR) is 112 cm³/mol. The van der Waals surface area contributed by atoms with Crippen molar-refractivity contribution < 1.29 is 4.74 Å². The highest BCUT2D eigenvalue weighted by Crippen LogP contribution is 2.28. The molecule has 0 aliphatic carbocycles. The monoisotopic (exact) mass is 389 g/mol. The van der Waals surface area contributed by atoms with E-state index in [-0.39, 0.29) is 5.56 Å². The zero-order valence-electron chi connectivity index (χ0n) is 16.6. The Morgan fingerprint density at radius 1 is 1.07 bits per heavy atom. The largest absolute Gasteiger partial charge is 0.493 e. The van der Waals surface area contributed by atoms with E-state index in [1.807, 2.05) is 54.1 Å². The quantitative estimate of drug-likeness (QED) is 0.522. The molecular formula is C22H23N5O2. The molecule has 7 heteroatoms. The van der Waals surface area contributed by atoms with Crippen molar-refractivity contribution in [1.82, 2.24) is 24.7 Å². The molecule has 7 nitrogen and oxygen atoms in total. The highest BCUT2D eigenvalue weighted by Gasteiger charge is 2.18. The summed E-state index contributed by atoms with van der Waals surface area (Å²) in [6.07, 6.45) is 3.44. The number of fused-ring (bicyclic) bond motifs is 1. The molecular weight excluding hydrogens is 366 g/mol. The molecule has 0 spiro atoms. The van der Waals surface area contributed by atoms with E-state index >= 15 is 0 Å². The van der Waals surface area contributed by atoms with Crippen LogP contribution in [0.15, 0.2) is 53.5 Å². The van der Waals surface area contributed by atoms with E-state index in [0.717, 1.165) is 29.8 Å². The number of aryl methyl sites for hydroxylation is 1. The second kappa shape index (κ2) is 8.26. The standard InChI is InChI=1S/C22H23N5O2/c1-3-9-17-19-20(26-27(17)14-15-10-7-8-13-23-15)22(28)25-21(24-19)16-11-5-6-12-18(16)29-4-2/h5-8,10-13H,3-4,9,14H2,1-2H3,(H,24,25,28). The second-order valence-corrected chi connectivity index (χ2v) is 6.72. The molecule has 0 unspecified atom stereocenters. The summed E-state index contributed by atoms with van der Waals surface area (Å²) in [5.41, 5.74) is 3.31. The molecule has 0 fully saturated rings.